The van der Waals surface area contributed by atoms with Crippen molar-refractivity contribution in [1.29, 1.82) is 0 Å². The number of hydrogen-bond donors (Lipinski definition) is 0. The average molecular weight is 425 g/mol. The van der Waals surface area contributed by atoms with Crippen molar-refractivity contribution in [2.45, 2.75) is 33.1 Å². The molecule has 2 amide bonds. The second-order valence-electron chi connectivity index (χ2n) is 7.62. The van der Waals surface area contributed by atoms with Crippen molar-refractivity contribution in [3.8, 4) is 11.5 Å². The summed E-state index contributed by atoms with van der Waals surface area (Å²) in [5, 5.41) is 0. The summed E-state index contributed by atoms with van der Waals surface area (Å²) in [7, 11) is 0. The first-order valence-electron chi connectivity index (χ1n) is 11.1. The maximum atomic E-state index is 12.7. The van der Waals surface area contributed by atoms with Gasteiger partial charge in [0.2, 0.25) is 0 Å². The molecule has 0 N–H and O–H groups in total. The summed E-state index contributed by atoms with van der Waals surface area (Å²) >= 11 is 0. The van der Waals surface area contributed by atoms with Crippen molar-refractivity contribution in [2.24, 2.45) is 0 Å². The van der Waals surface area contributed by atoms with Gasteiger partial charge >= 0.3 is 0 Å². The van der Waals surface area contributed by atoms with Crippen LogP contribution >= 0.6 is 0 Å². The Hall–Kier alpha value is -3.02. The van der Waals surface area contributed by atoms with E-state index in [4.69, 9.17) is 9.47 Å². The molecule has 2 aromatic carbocycles. The highest BCUT2D eigenvalue weighted by atomic mass is 16.5. The van der Waals surface area contributed by atoms with E-state index in [1.54, 1.807) is 9.80 Å². The minimum atomic E-state index is -0.0478. The first-order chi connectivity index (χ1) is 15.1. The maximum absolute atomic E-state index is 12.7. The van der Waals surface area contributed by atoms with Crippen LogP contribution in [0.4, 0.5) is 0 Å². The highest BCUT2D eigenvalue weighted by Crippen LogP contribution is 2.19. The van der Waals surface area contributed by atoms with E-state index >= 15 is 0 Å². The number of ether oxygens (including phenoxy) is 2. The maximum Gasteiger partial charge on any atom is 0.260 e. The molecule has 0 saturated carbocycles. The van der Waals surface area contributed by atoms with E-state index < -0.39 is 0 Å². The molecule has 0 spiro atoms. The smallest absolute Gasteiger partial charge is 0.260 e. The third kappa shape index (κ3) is 6.23. The van der Waals surface area contributed by atoms with Gasteiger partial charge in [0, 0.05) is 26.2 Å². The summed E-state index contributed by atoms with van der Waals surface area (Å²) < 4.78 is 11.6. The molecular weight excluding hydrogens is 392 g/mol. The number of hydrogen-bond acceptors (Lipinski definition) is 4. The van der Waals surface area contributed by atoms with Gasteiger partial charge in [-0.25, -0.2) is 0 Å². The molecule has 0 aliphatic carbocycles. The number of carbonyl (C=O) groups is 2. The van der Waals surface area contributed by atoms with E-state index in [0.717, 1.165) is 41.9 Å². The summed E-state index contributed by atoms with van der Waals surface area (Å²) in [5.74, 6) is 1.42. The van der Waals surface area contributed by atoms with Crippen molar-refractivity contribution >= 4 is 11.8 Å². The van der Waals surface area contributed by atoms with Crippen LogP contribution in [0.5, 0.6) is 11.5 Å². The summed E-state index contributed by atoms with van der Waals surface area (Å²) in [5.41, 5.74) is 2.18. The lowest BCUT2D eigenvalue weighted by Crippen LogP contribution is -2.40. The standard InChI is InChI=1S/C25H32N2O4/c1-3-20-10-5-7-12-22(20)30-18-24(28)26-14-9-15-27(17-16-26)25(29)19-31-23-13-8-6-11-21(23)4-2/h5-8,10-13H,3-4,9,14-19H2,1-2H3. The number of aryl methyl sites for hydroxylation is 2. The number of nitrogens with zero attached hydrogens (tertiary/aromatic N) is 2. The van der Waals surface area contributed by atoms with Crippen LogP contribution in [0.15, 0.2) is 48.5 Å². The van der Waals surface area contributed by atoms with E-state index in [0.29, 0.717) is 26.2 Å². The van der Waals surface area contributed by atoms with Crippen molar-refractivity contribution in [2.75, 3.05) is 39.4 Å². The highest BCUT2D eigenvalue weighted by Gasteiger charge is 2.23. The number of benzene rings is 2. The molecule has 0 atom stereocenters. The normalized spacial score (nSPS) is 14.1. The van der Waals surface area contributed by atoms with E-state index in [2.05, 4.69) is 13.8 Å². The fourth-order valence-electron chi connectivity index (χ4n) is 3.75. The number of amides is 2. The van der Waals surface area contributed by atoms with Crippen molar-refractivity contribution < 1.29 is 19.1 Å². The van der Waals surface area contributed by atoms with Gasteiger partial charge in [0.15, 0.2) is 13.2 Å². The molecule has 0 bridgehead atoms. The Kier molecular flexibility index (Phi) is 8.33. The van der Waals surface area contributed by atoms with E-state index in [1.165, 1.54) is 0 Å². The van der Waals surface area contributed by atoms with Gasteiger partial charge < -0.3 is 19.3 Å². The van der Waals surface area contributed by atoms with Gasteiger partial charge in [-0.15, -0.1) is 0 Å². The van der Waals surface area contributed by atoms with Crippen LogP contribution in [0.2, 0.25) is 0 Å². The average Bonchev–Trinajstić information content (AvgIpc) is 3.08. The van der Waals surface area contributed by atoms with Gasteiger partial charge in [-0.2, -0.15) is 0 Å². The van der Waals surface area contributed by atoms with E-state index in [-0.39, 0.29) is 25.0 Å². The molecule has 6 nitrogen and oxygen atoms in total. The molecule has 0 radical (unpaired) electrons. The lowest BCUT2D eigenvalue weighted by atomic mass is 10.1. The zero-order valence-electron chi connectivity index (χ0n) is 18.5. The Morgan fingerprint density at radius 3 is 1.55 bits per heavy atom. The van der Waals surface area contributed by atoms with Crippen molar-refractivity contribution in [1.82, 2.24) is 9.80 Å². The van der Waals surface area contributed by atoms with Crippen LogP contribution in [0.25, 0.3) is 0 Å². The lowest BCUT2D eigenvalue weighted by molar-refractivity contribution is -0.135. The van der Waals surface area contributed by atoms with Crippen LogP contribution in [-0.4, -0.2) is 61.0 Å². The molecule has 166 valence electrons. The molecule has 1 saturated heterocycles. The quantitative estimate of drug-likeness (QED) is 0.652. The van der Waals surface area contributed by atoms with Crippen LogP contribution in [0, 0.1) is 0 Å². The zero-order valence-corrected chi connectivity index (χ0v) is 18.5. The number of carbonyl (C=O) groups excluding carboxylic acids is 2. The van der Waals surface area contributed by atoms with Gasteiger partial charge in [0.1, 0.15) is 11.5 Å². The molecular formula is C25H32N2O4. The largest absolute Gasteiger partial charge is 0.483 e. The second kappa shape index (κ2) is 11.4. The highest BCUT2D eigenvalue weighted by molar-refractivity contribution is 5.79. The fourth-order valence-corrected chi connectivity index (χ4v) is 3.75. The molecule has 3 rings (SSSR count). The predicted octanol–water partition coefficient (Wildman–Crippen LogP) is 3.33. The van der Waals surface area contributed by atoms with Crippen molar-refractivity contribution in [3.05, 3.63) is 59.7 Å². The first-order valence-corrected chi connectivity index (χ1v) is 11.1. The Morgan fingerprint density at radius 1 is 0.710 bits per heavy atom. The topological polar surface area (TPSA) is 59.1 Å². The lowest BCUT2D eigenvalue weighted by Gasteiger charge is -2.22. The molecule has 0 unspecified atom stereocenters. The Labute approximate surface area is 184 Å². The molecule has 0 aromatic heterocycles. The Morgan fingerprint density at radius 2 is 1.13 bits per heavy atom. The second-order valence-corrected chi connectivity index (χ2v) is 7.62. The number of rotatable bonds is 8. The monoisotopic (exact) mass is 424 g/mol. The molecule has 2 aromatic rings. The summed E-state index contributed by atoms with van der Waals surface area (Å²) in [4.78, 5) is 28.9. The molecule has 6 heteroatoms. The number of para-hydroxylation sites is 2. The molecule has 1 aliphatic rings. The SMILES string of the molecule is CCc1ccccc1OCC(=O)N1CCCN(C(=O)COc2ccccc2CC)CC1. The minimum absolute atomic E-state index is 0.0157. The Bertz CT molecular complexity index is 812. The van der Waals surface area contributed by atoms with Gasteiger partial charge in [0.05, 0.1) is 0 Å². The van der Waals surface area contributed by atoms with Crippen LogP contribution in [0.3, 0.4) is 0 Å². The Balaban J connectivity index is 1.48. The summed E-state index contributed by atoms with van der Waals surface area (Å²) in [6.07, 6.45) is 2.46. The molecule has 1 heterocycles. The van der Waals surface area contributed by atoms with Crippen LogP contribution in [-0.2, 0) is 22.4 Å². The zero-order chi connectivity index (χ0) is 22.1. The molecule has 31 heavy (non-hydrogen) atoms. The van der Waals surface area contributed by atoms with Crippen molar-refractivity contribution in [3.63, 3.8) is 0 Å². The van der Waals surface area contributed by atoms with Crippen LogP contribution < -0.4 is 9.47 Å². The minimum Gasteiger partial charge on any atom is -0.483 e. The predicted molar refractivity (Wildman–Crippen MR) is 120 cm³/mol. The summed E-state index contributed by atoms with van der Waals surface area (Å²) in [6, 6.07) is 15.6. The van der Waals surface area contributed by atoms with Gasteiger partial charge in [-0.3, -0.25) is 9.59 Å². The third-order valence-corrected chi connectivity index (χ3v) is 5.61. The van der Waals surface area contributed by atoms with Gasteiger partial charge in [0.25, 0.3) is 11.8 Å². The third-order valence-electron chi connectivity index (χ3n) is 5.61. The summed E-state index contributed by atoms with van der Waals surface area (Å²) in [6.45, 7) is 6.43. The van der Waals surface area contributed by atoms with Gasteiger partial charge in [-0.05, 0) is 42.5 Å². The van der Waals surface area contributed by atoms with Gasteiger partial charge in [-0.1, -0.05) is 50.2 Å². The molecule has 1 aliphatic heterocycles. The van der Waals surface area contributed by atoms with E-state index in [1.807, 2.05) is 48.5 Å². The van der Waals surface area contributed by atoms with Crippen LogP contribution in [0.1, 0.15) is 31.4 Å². The van der Waals surface area contributed by atoms with E-state index in [9.17, 15) is 9.59 Å². The fraction of sp³-hybridized carbons (Fsp3) is 0.440. The molecule has 1 fully saturated rings. The first kappa shape index (κ1) is 22.7.